The molecule has 0 amide bonds. The molecule has 8 rings (SSSR count). The summed E-state index contributed by atoms with van der Waals surface area (Å²) in [7, 11) is 0. The lowest BCUT2D eigenvalue weighted by Crippen LogP contribution is -2.15. The van der Waals surface area contributed by atoms with Gasteiger partial charge in [-0.1, -0.05) is 152 Å². The minimum Gasteiger partial charge on any atom is -0.310 e. The Hall–Kier alpha value is -6.18. The maximum atomic E-state index is 4.67. The zero-order chi connectivity index (χ0) is 32.5. The van der Waals surface area contributed by atoms with Gasteiger partial charge in [0.15, 0.2) is 0 Å². The molecule has 0 fully saturated rings. The molecule has 0 aromatic heterocycles. The standard InChI is InChI=1S/C47H35N/c1-3-34(40-24-22-35-12-4-6-14-38(35)30-40)21-20-33(2)48(47-32-42-16-8-9-17-44(42)45-18-10-11-19-46(45)47)43-28-26-37(27-29-43)41-25-23-36-13-5-7-15-39(36)31-41/h3-32H,2H2,1H3/b21-20-,34-3+. The number of fused-ring (bicyclic) bond motifs is 5. The van der Waals surface area contributed by atoms with Crippen LogP contribution in [0.15, 0.2) is 194 Å². The third-order valence-corrected chi connectivity index (χ3v) is 9.33. The van der Waals surface area contributed by atoms with Crippen molar-refractivity contribution in [3.05, 3.63) is 200 Å². The van der Waals surface area contributed by atoms with Gasteiger partial charge in [-0.05, 0) is 103 Å². The van der Waals surface area contributed by atoms with Crippen LogP contribution in [0.5, 0.6) is 0 Å². The molecule has 0 heterocycles. The van der Waals surface area contributed by atoms with Gasteiger partial charge in [0.1, 0.15) is 0 Å². The normalized spacial score (nSPS) is 12.0. The molecule has 0 saturated heterocycles. The van der Waals surface area contributed by atoms with E-state index in [2.05, 4.69) is 200 Å². The average Bonchev–Trinajstić information content (AvgIpc) is 3.15. The first-order valence-electron chi connectivity index (χ1n) is 16.5. The molecule has 228 valence electrons. The minimum atomic E-state index is 0.883. The number of rotatable bonds is 7. The number of nitrogens with zero attached hydrogens (tertiary/aromatic N) is 1. The van der Waals surface area contributed by atoms with Gasteiger partial charge in [0, 0.05) is 16.8 Å². The van der Waals surface area contributed by atoms with Crippen molar-refractivity contribution in [2.24, 2.45) is 0 Å². The van der Waals surface area contributed by atoms with Crippen molar-refractivity contribution in [1.29, 1.82) is 0 Å². The molecule has 0 spiro atoms. The Kier molecular flexibility index (Phi) is 7.64. The van der Waals surface area contributed by atoms with Gasteiger partial charge >= 0.3 is 0 Å². The maximum Gasteiger partial charge on any atom is 0.0546 e. The molecule has 0 radical (unpaired) electrons. The predicted molar refractivity (Wildman–Crippen MR) is 209 cm³/mol. The van der Waals surface area contributed by atoms with E-state index in [1.165, 1.54) is 59.8 Å². The summed E-state index contributed by atoms with van der Waals surface area (Å²) in [6, 6.07) is 58.8. The van der Waals surface area contributed by atoms with Gasteiger partial charge in [-0.3, -0.25) is 0 Å². The molecule has 1 heteroatoms. The second-order valence-corrected chi connectivity index (χ2v) is 12.2. The van der Waals surface area contributed by atoms with E-state index in [9.17, 15) is 0 Å². The van der Waals surface area contributed by atoms with Crippen LogP contribution in [0.25, 0.3) is 59.8 Å². The fourth-order valence-corrected chi connectivity index (χ4v) is 6.84. The van der Waals surface area contributed by atoms with Crippen LogP contribution in [0.2, 0.25) is 0 Å². The molecule has 8 aromatic rings. The number of allylic oxidation sites excluding steroid dienone is 4. The highest BCUT2D eigenvalue weighted by Gasteiger charge is 2.17. The molecule has 0 aliphatic rings. The largest absolute Gasteiger partial charge is 0.310 e. The summed E-state index contributed by atoms with van der Waals surface area (Å²) in [5.41, 5.74) is 7.76. The van der Waals surface area contributed by atoms with Crippen LogP contribution in [-0.2, 0) is 0 Å². The average molecular weight is 614 g/mol. The Morgan fingerprint density at radius 3 is 1.75 bits per heavy atom. The third kappa shape index (κ3) is 5.46. The first-order valence-corrected chi connectivity index (χ1v) is 16.5. The monoisotopic (exact) mass is 613 g/mol. The van der Waals surface area contributed by atoms with E-state index in [0.29, 0.717) is 0 Å². The number of hydrogen-bond donors (Lipinski definition) is 0. The highest BCUT2D eigenvalue weighted by Crippen LogP contribution is 2.40. The van der Waals surface area contributed by atoms with E-state index in [0.717, 1.165) is 22.6 Å². The van der Waals surface area contributed by atoms with Crippen molar-refractivity contribution >= 4 is 60.0 Å². The lowest BCUT2D eigenvalue weighted by Gasteiger charge is -2.28. The van der Waals surface area contributed by atoms with Crippen LogP contribution in [0, 0.1) is 0 Å². The molecule has 1 nitrogen and oxygen atoms in total. The minimum absolute atomic E-state index is 0.883. The van der Waals surface area contributed by atoms with Crippen molar-refractivity contribution in [2.75, 3.05) is 4.90 Å². The van der Waals surface area contributed by atoms with Crippen LogP contribution < -0.4 is 4.90 Å². The Labute approximate surface area is 282 Å². The topological polar surface area (TPSA) is 3.24 Å². The summed E-state index contributed by atoms with van der Waals surface area (Å²) in [6.07, 6.45) is 6.50. The highest BCUT2D eigenvalue weighted by molar-refractivity contribution is 6.14. The van der Waals surface area contributed by atoms with Gasteiger partial charge < -0.3 is 4.90 Å². The summed E-state index contributed by atoms with van der Waals surface area (Å²) in [4.78, 5) is 2.29. The van der Waals surface area contributed by atoms with Crippen molar-refractivity contribution < 1.29 is 0 Å². The van der Waals surface area contributed by atoms with Gasteiger partial charge in [0.2, 0.25) is 0 Å². The summed E-state index contributed by atoms with van der Waals surface area (Å²) in [5.74, 6) is 0. The predicted octanol–water partition coefficient (Wildman–Crippen LogP) is 13.3. The SMILES string of the molecule is C=C(/C=C\C(=C/C)c1ccc2ccccc2c1)N(c1ccc(-c2ccc3ccccc3c2)cc1)c1cc2ccccc2c2ccccc12. The van der Waals surface area contributed by atoms with Crippen LogP contribution in [-0.4, -0.2) is 0 Å². The molecule has 0 atom stereocenters. The van der Waals surface area contributed by atoms with Crippen LogP contribution in [0.3, 0.4) is 0 Å². The number of anilines is 2. The highest BCUT2D eigenvalue weighted by atomic mass is 15.1. The zero-order valence-electron chi connectivity index (χ0n) is 27.0. The molecule has 8 aromatic carbocycles. The molecule has 0 aliphatic heterocycles. The lowest BCUT2D eigenvalue weighted by molar-refractivity contribution is 1.23. The molecule has 0 unspecified atom stereocenters. The summed E-state index contributed by atoms with van der Waals surface area (Å²) >= 11 is 0. The Balaban J connectivity index is 1.23. The van der Waals surface area contributed by atoms with Gasteiger partial charge in [-0.15, -0.1) is 0 Å². The second-order valence-electron chi connectivity index (χ2n) is 12.2. The number of benzene rings is 8. The molecule has 0 aliphatic carbocycles. The van der Waals surface area contributed by atoms with E-state index < -0.39 is 0 Å². The maximum absolute atomic E-state index is 4.67. The quantitative estimate of drug-likeness (QED) is 0.128. The summed E-state index contributed by atoms with van der Waals surface area (Å²) < 4.78 is 0. The molecule has 0 N–H and O–H groups in total. The first kappa shape index (κ1) is 29.2. The fraction of sp³-hybridized carbons (Fsp3) is 0.0213. The van der Waals surface area contributed by atoms with Crippen molar-refractivity contribution in [3.63, 3.8) is 0 Å². The van der Waals surface area contributed by atoms with E-state index in [1.807, 2.05) is 0 Å². The van der Waals surface area contributed by atoms with E-state index in [1.54, 1.807) is 0 Å². The second kappa shape index (κ2) is 12.5. The summed E-state index contributed by atoms with van der Waals surface area (Å²) in [5, 5.41) is 9.83. The molecular formula is C47H35N. The third-order valence-electron chi connectivity index (χ3n) is 9.33. The van der Waals surface area contributed by atoms with Gasteiger partial charge in [0.05, 0.1) is 5.69 Å². The lowest BCUT2D eigenvalue weighted by atomic mass is 9.98. The van der Waals surface area contributed by atoms with E-state index in [4.69, 9.17) is 0 Å². The Morgan fingerprint density at radius 1 is 0.479 bits per heavy atom. The van der Waals surface area contributed by atoms with Gasteiger partial charge in [-0.25, -0.2) is 0 Å². The van der Waals surface area contributed by atoms with Crippen molar-refractivity contribution in [2.45, 2.75) is 6.92 Å². The van der Waals surface area contributed by atoms with Crippen molar-refractivity contribution in [1.82, 2.24) is 0 Å². The molecule has 0 saturated carbocycles. The molecule has 48 heavy (non-hydrogen) atoms. The van der Waals surface area contributed by atoms with Crippen LogP contribution >= 0.6 is 0 Å². The zero-order valence-corrected chi connectivity index (χ0v) is 27.0. The van der Waals surface area contributed by atoms with Crippen LogP contribution in [0.4, 0.5) is 11.4 Å². The first-order chi connectivity index (χ1) is 23.7. The van der Waals surface area contributed by atoms with Gasteiger partial charge in [-0.2, -0.15) is 0 Å². The van der Waals surface area contributed by atoms with E-state index in [-0.39, 0.29) is 0 Å². The number of hydrogen-bond acceptors (Lipinski definition) is 1. The Morgan fingerprint density at radius 2 is 1.04 bits per heavy atom. The summed E-state index contributed by atoms with van der Waals surface area (Å²) in [6.45, 7) is 6.77. The van der Waals surface area contributed by atoms with E-state index >= 15 is 0 Å². The van der Waals surface area contributed by atoms with Crippen molar-refractivity contribution in [3.8, 4) is 11.1 Å². The molecular weight excluding hydrogens is 579 g/mol. The van der Waals surface area contributed by atoms with Crippen LogP contribution in [0.1, 0.15) is 12.5 Å². The molecule has 0 bridgehead atoms. The van der Waals surface area contributed by atoms with Gasteiger partial charge in [0.25, 0.3) is 0 Å². The fourth-order valence-electron chi connectivity index (χ4n) is 6.84. The smallest absolute Gasteiger partial charge is 0.0546 e. The Bertz CT molecular complexity index is 2530.